The Morgan fingerprint density at radius 2 is 1.71 bits per heavy atom. The Kier molecular flexibility index (Phi) is 6.87. The number of rotatable bonds is 8. The van der Waals surface area contributed by atoms with Crippen molar-refractivity contribution < 1.29 is 14.2 Å². The van der Waals surface area contributed by atoms with Gasteiger partial charge in [0.05, 0.1) is 20.3 Å². The number of hydrogen-bond acceptors (Lipinski definition) is 3. The lowest BCUT2D eigenvalue weighted by molar-refractivity contribution is 0.0265. The summed E-state index contributed by atoms with van der Waals surface area (Å²) in [4.78, 5) is 0. The molecule has 3 nitrogen and oxygen atoms in total. The van der Waals surface area contributed by atoms with Crippen molar-refractivity contribution in [2.24, 2.45) is 0 Å². The molecule has 21 heavy (non-hydrogen) atoms. The molecular formula is C18H28O3. The van der Waals surface area contributed by atoms with Crippen LogP contribution < -0.4 is 9.47 Å². The molecule has 2 rings (SSSR count). The van der Waals surface area contributed by atoms with Crippen LogP contribution in [0, 0.1) is 0 Å². The number of methoxy groups -OCH3 is 2. The van der Waals surface area contributed by atoms with Gasteiger partial charge in [0.15, 0.2) is 11.5 Å². The van der Waals surface area contributed by atoms with E-state index in [1.165, 1.54) is 37.7 Å². The fourth-order valence-electron chi connectivity index (χ4n) is 2.95. The zero-order chi connectivity index (χ0) is 14.9. The molecule has 0 spiro atoms. The van der Waals surface area contributed by atoms with Crippen LogP contribution in [0.15, 0.2) is 18.2 Å². The van der Waals surface area contributed by atoms with Crippen LogP contribution in [0.5, 0.6) is 11.5 Å². The van der Waals surface area contributed by atoms with E-state index >= 15 is 0 Å². The van der Waals surface area contributed by atoms with E-state index in [4.69, 9.17) is 14.2 Å². The van der Waals surface area contributed by atoms with Crippen molar-refractivity contribution in [3.63, 3.8) is 0 Å². The van der Waals surface area contributed by atoms with Crippen LogP contribution in [0.4, 0.5) is 0 Å². The normalized spacial score (nSPS) is 15.9. The minimum absolute atomic E-state index is 0.528. The summed E-state index contributed by atoms with van der Waals surface area (Å²) in [6.07, 6.45) is 10.5. The van der Waals surface area contributed by atoms with Gasteiger partial charge in [-0.2, -0.15) is 0 Å². The van der Waals surface area contributed by atoms with E-state index in [1.54, 1.807) is 14.2 Å². The summed E-state index contributed by atoms with van der Waals surface area (Å²) < 4.78 is 16.5. The summed E-state index contributed by atoms with van der Waals surface area (Å²) in [5, 5.41) is 0. The van der Waals surface area contributed by atoms with Gasteiger partial charge < -0.3 is 14.2 Å². The average Bonchev–Trinajstić information content (AvgIpc) is 2.55. The number of unbranched alkanes of at least 4 members (excludes halogenated alkanes) is 1. The van der Waals surface area contributed by atoms with Gasteiger partial charge in [-0.1, -0.05) is 25.3 Å². The van der Waals surface area contributed by atoms with Crippen LogP contribution in [-0.2, 0) is 11.2 Å². The Balaban J connectivity index is 1.66. The first-order chi connectivity index (χ1) is 10.3. The van der Waals surface area contributed by atoms with Crippen LogP contribution in [-0.4, -0.2) is 26.9 Å². The molecule has 1 aliphatic rings. The Labute approximate surface area is 128 Å². The summed E-state index contributed by atoms with van der Waals surface area (Å²) in [5.41, 5.74) is 1.30. The van der Waals surface area contributed by atoms with Crippen LogP contribution in [0.25, 0.3) is 0 Å². The SMILES string of the molecule is COc1ccc(CCCCOC2CCCCC2)cc1OC. The summed E-state index contributed by atoms with van der Waals surface area (Å²) >= 11 is 0. The average molecular weight is 292 g/mol. The molecule has 1 aromatic rings. The highest BCUT2D eigenvalue weighted by Gasteiger charge is 2.13. The van der Waals surface area contributed by atoms with Gasteiger partial charge in [-0.15, -0.1) is 0 Å². The molecule has 118 valence electrons. The maximum Gasteiger partial charge on any atom is 0.160 e. The lowest BCUT2D eigenvalue weighted by atomic mass is 9.98. The lowest BCUT2D eigenvalue weighted by Crippen LogP contribution is -2.17. The van der Waals surface area contributed by atoms with E-state index in [0.29, 0.717) is 6.10 Å². The first kappa shape index (κ1) is 16.2. The molecule has 0 aromatic heterocycles. The van der Waals surface area contributed by atoms with Gasteiger partial charge in [0.1, 0.15) is 0 Å². The molecule has 1 aromatic carbocycles. The Bertz CT molecular complexity index is 411. The summed E-state index contributed by atoms with van der Waals surface area (Å²) in [6, 6.07) is 6.16. The Hall–Kier alpha value is -1.22. The van der Waals surface area contributed by atoms with Crippen molar-refractivity contribution in [2.45, 2.75) is 57.5 Å². The van der Waals surface area contributed by atoms with Gasteiger partial charge in [-0.3, -0.25) is 0 Å². The van der Waals surface area contributed by atoms with Crippen molar-refractivity contribution in [2.75, 3.05) is 20.8 Å². The molecule has 0 N–H and O–H groups in total. The minimum atomic E-state index is 0.528. The minimum Gasteiger partial charge on any atom is -0.493 e. The van der Waals surface area contributed by atoms with Crippen molar-refractivity contribution in [1.82, 2.24) is 0 Å². The molecule has 1 aliphatic carbocycles. The standard InChI is InChI=1S/C18H28O3/c1-19-17-12-11-15(14-18(17)20-2)8-6-7-13-21-16-9-4-3-5-10-16/h11-12,14,16H,3-10,13H2,1-2H3. The molecule has 0 unspecified atom stereocenters. The number of aryl methyl sites for hydroxylation is 1. The van der Waals surface area contributed by atoms with Gasteiger partial charge in [-0.05, 0) is 49.8 Å². The highest BCUT2D eigenvalue weighted by atomic mass is 16.5. The zero-order valence-electron chi connectivity index (χ0n) is 13.4. The molecule has 0 aliphatic heterocycles. The van der Waals surface area contributed by atoms with Gasteiger partial charge in [0.2, 0.25) is 0 Å². The summed E-state index contributed by atoms with van der Waals surface area (Å²) in [5.74, 6) is 1.61. The maximum absolute atomic E-state index is 5.96. The summed E-state index contributed by atoms with van der Waals surface area (Å²) in [6.45, 7) is 0.901. The quantitative estimate of drug-likeness (QED) is 0.666. The van der Waals surface area contributed by atoms with E-state index < -0.39 is 0 Å². The highest BCUT2D eigenvalue weighted by Crippen LogP contribution is 2.28. The fourth-order valence-corrected chi connectivity index (χ4v) is 2.95. The number of ether oxygens (including phenoxy) is 3. The van der Waals surface area contributed by atoms with Crippen LogP contribution in [0.3, 0.4) is 0 Å². The number of benzene rings is 1. The van der Waals surface area contributed by atoms with Gasteiger partial charge in [0, 0.05) is 6.61 Å². The van der Waals surface area contributed by atoms with E-state index in [9.17, 15) is 0 Å². The van der Waals surface area contributed by atoms with Crippen LogP contribution in [0.1, 0.15) is 50.5 Å². The van der Waals surface area contributed by atoms with Crippen molar-refractivity contribution in [1.29, 1.82) is 0 Å². The van der Waals surface area contributed by atoms with E-state index in [2.05, 4.69) is 12.1 Å². The molecule has 0 atom stereocenters. The molecule has 0 heterocycles. The second-order valence-electron chi connectivity index (χ2n) is 5.78. The molecule has 1 fully saturated rings. The van der Waals surface area contributed by atoms with E-state index in [1.807, 2.05) is 6.07 Å². The third-order valence-corrected chi connectivity index (χ3v) is 4.21. The third-order valence-electron chi connectivity index (χ3n) is 4.21. The highest BCUT2D eigenvalue weighted by molar-refractivity contribution is 5.42. The number of hydrogen-bond donors (Lipinski definition) is 0. The largest absolute Gasteiger partial charge is 0.493 e. The van der Waals surface area contributed by atoms with Gasteiger partial charge >= 0.3 is 0 Å². The lowest BCUT2D eigenvalue weighted by Gasteiger charge is -2.21. The van der Waals surface area contributed by atoms with Gasteiger partial charge in [-0.25, -0.2) is 0 Å². The molecule has 0 bridgehead atoms. The molecule has 0 saturated heterocycles. The second kappa shape index (κ2) is 8.93. The Morgan fingerprint density at radius 3 is 2.43 bits per heavy atom. The zero-order valence-corrected chi connectivity index (χ0v) is 13.4. The monoisotopic (exact) mass is 292 g/mol. The van der Waals surface area contributed by atoms with E-state index in [-0.39, 0.29) is 0 Å². The van der Waals surface area contributed by atoms with Gasteiger partial charge in [0.25, 0.3) is 0 Å². The first-order valence-corrected chi connectivity index (χ1v) is 8.16. The van der Waals surface area contributed by atoms with Crippen LogP contribution >= 0.6 is 0 Å². The first-order valence-electron chi connectivity index (χ1n) is 8.16. The van der Waals surface area contributed by atoms with Crippen molar-refractivity contribution in [3.8, 4) is 11.5 Å². The van der Waals surface area contributed by atoms with E-state index in [0.717, 1.165) is 37.4 Å². The topological polar surface area (TPSA) is 27.7 Å². The fraction of sp³-hybridized carbons (Fsp3) is 0.667. The predicted molar refractivity (Wildman–Crippen MR) is 85.3 cm³/mol. The van der Waals surface area contributed by atoms with Crippen molar-refractivity contribution in [3.05, 3.63) is 23.8 Å². The molecule has 1 saturated carbocycles. The molecule has 3 heteroatoms. The second-order valence-corrected chi connectivity index (χ2v) is 5.78. The van der Waals surface area contributed by atoms with Crippen molar-refractivity contribution >= 4 is 0 Å². The maximum atomic E-state index is 5.96. The molecular weight excluding hydrogens is 264 g/mol. The Morgan fingerprint density at radius 1 is 0.952 bits per heavy atom. The smallest absolute Gasteiger partial charge is 0.160 e. The molecule has 0 radical (unpaired) electrons. The third kappa shape index (κ3) is 5.24. The molecule has 0 amide bonds. The summed E-state index contributed by atoms with van der Waals surface area (Å²) in [7, 11) is 3.35. The predicted octanol–water partition coefficient (Wildman–Crippen LogP) is 4.38. The van der Waals surface area contributed by atoms with Crippen LogP contribution in [0.2, 0.25) is 0 Å².